The highest BCUT2D eigenvalue weighted by Gasteiger charge is 2.16. The second-order valence-electron chi connectivity index (χ2n) is 4.42. The van der Waals surface area contributed by atoms with Crippen LogP contribution in [0.2, 0.25) is 0 Å². The van der Waals surface area contributed by atoms with Gasteiger partial charge in [0.05, 0.1) is 7.11 Å². The molecule has 8 nitrogen and oxygen atoms in total. The molecule has 0 aliphatic heterocycles. The number of hydrogen-bond acceptors (Lipinski definition) is 7. The number of benzene rings is 1. The molecule has 8 heteroatoms. The lowest BCUT2D eigenvalue weighted by Crippen LogP contribution is -2.12. The van der Waals surface area contributed by atoms with Crippen LogP contribution in [0.1, 0.15) is 10.7 Å². The number of methoxy groups -OCH3 is 1. The van der Waals surface area contributed by atoms with Crippen molar-refractivity contribution < 1.29 is 13.9 Å². The van der Waals surface area contributed by atoms with Crippen molar-refractivity contribution in [2.45, 2.75) is 0 Å². The summed E-state index contributed by atoms with van der Waals surface area (Å²) in [6, 6.07) is 12.5. The highest BCUT2D eigenvalue weighted by molar-refractivity contribution is 6.00. The van der Waals surface area contributed by atoms with E-state index in [1.54, 1.807) is 30.5 Å². The van der Waals surface area contributed by atoms with E-state index in [2.05, 4.69) is 25.8 Å². The van der Waals surface area contributed by atoms with Gasteiger partial charge in [0.2, 0.25) is 5.88 Å². The van der Waals surface area contributed by atoms with Crippen molar-refractivity contribution in [2.75, 3.05) is 17.7 Å². The minimum atomic E-state index is -0.491. The number of nitrogens with zero attached hydrogens (tertiary/aromatic N) is 3. The molecule has 116 valence electrons. The summed E-state index contributed by atoms with van der Waals surface area (Å²) in [6.07, 6.45) is 1.59. The van der Waals surface area contributed by atoms with Gasteiger partial charge >= 0.3 is 17.8 Å². The molecule has 0 radical (unpaired) electrons. The molecule has 2 N–H and O–H groups in total. The topological polar surface area (TPSA) is 102 Å². The zero-order valence-corrected chi connectivity index (χ0v) is 12.2. The summed E-state index contributed by atoms with van der Waals surface area (Å²) in [5.41, 5.74) is 1.19. The van der Waals surface area contributed by atoms with Gasteiger partial charge in [0.25, 0.3) is 0 Å². The number of pyridine rings is 1. The molecule has 0 bridgehead atoms. The first kappa shape index (κ1) is 14.5. The average Bonchev–Trinajstić information content (AvgIpc) is 3.05. The summed E-state index contributed by atoms with van der Waals surface area (Å²) >= 11 is 0. The van der Waals surface area contributed by atoms with Gasteiger partial charge < -0.3 is 19.8 Å². The minimum absolute atomic E-state index is 0.0644. The molecular weight excluding hydrogens is 298 g/mol. The third kappa shape index (κ3) is 3.43. The Morgan fingerprint density at radius 3 is 2.74 bits per heavy atom. The second kappa shape index (κ2) is 6.56. The number of anilines is 3. The molecule has 0 atom stereocenters. The molecule has 0 fully saturated rings. The molecule has 0 saturated heterocycles. The number of ether oxygens (including phenoxy) is 1. The van der Waals surface area contributed by atoms with Crippen molar-refractivity contribution in [1.82, 2.24) is 15.2 Å². The summed E-state index contributed by atoms with van der Waals surface area (Å²) in [7, 11) is 1.50. The summed E-state index contributed by atoms with van der Waals surface area (Å²) in [4.78, 5) is 16.1. The molecule has 3 aromatic rings. The lowest BCUT2D eigenvalue weighted by Gasteiger charge is -2.05. The molecule has 23 heavy (non-hydrogen) atoms. The van der Waals surface area contributed by atoms with Crippen LogP contribution >= 0.6 is 0 Å². The molecule has 2 heterocycles. The van der Waals surface area contributed by atoms with Gasteiger partial charge in [-0.05, 0) is 24.3 Å². The van der Waals surface area contributed by atoms with E-state index >= 15 is 0 Å². The SMILES string of the molecule is COc1ncccc1Nc1nnc(C(=O)Nc2ccccc2)o1. The zero-order chi connectivity index (χ0) is 16.1. The van der Waals surface area contributed by atoms with Gasteiger partial charge in [0.1, 0.15) is 5.69 Å². The summed E-state index contributed by atoms with van der Waals surface area (Å²) < 4.78 is 10.4. The van der Waals surface area contributed by atoms with Gasteiger partial charge in [-0.2, -0.15) is 0 Å². The number of aromatic nitrogens is 3. The maximum atomic E-state index is 12.0. The Labute approximate surface area is 131 Å². The van der Waals surface area contributed by atoms with E-state index in [1.807, 2.05) is 18.2 Å². The first-order valence-corrected chi connectivity index (χ1v) is 6.72. The largest absolute Gasteiger partial charge is 0.480 e. The van der Waals surface area contributed by atoms with Gasteiger partial charge in [-0.1, -0.05) is 23.3 Å². The second-order valence-corrected chi connectivity index (χ2v) is 4.42. The fraction of sp³-hybridized carbons (Fsp3) is 0.0667. The quantitative estimate of drug-likeness (QED) is 0.746. The van der Waals surface area contributed by atoms with E-state index in [-0.39, 0.29) is 11.9 Å². The Morgan fingerprint density at radius 1 is 1.13 bits per heavy atom. The van der Waals surface area contributed by atoms with Crippen LogP contribution in [0.4, 0.5) is 17.4 Å². The van der Waals surface area contributed by atoms with Crippen molar-refractivity contribution >= 4 is 23.3 Å². The van der Waals surface area contributed by atoms with Gasteiger partial charge in [-0.15, -0.1) is 5.10 Å². The van der Waals surface area contributed by atoms with Crippen molar-refractivity contribution in [1.29, 1.82) is 0 Å². The van der Waals surface area contributed by atoms with Crippen molar-refractivity contribution in [3.8, 4) is 5.88 Å². The Kier molecular flexibility index (Phi) is 4.14. The monoisotopic (exact) mass is 311 g/mol. The van der Waals surface area contributed by atoms with Gasteiger partial charge in [0, 0.05) is 11.9 Å². The zero-order valence-electron chi connectivity index (χ0n) is 12.2. The van der Waals surface area contributed by atoms with Crippen LogP contribution < -0.4 is 15.4 Å². The van der Waals surface area contributed by atoms with E-state index in [0.29, 0.717) is 17.3 Å². The molecule has 1 amide bonds. The number of amides is 1. The van der Waals surface area contributed by atoms with Crippen LogP contribution in [-0.4, -0.2) is 28.2 Å². The molecule has 3 rings (SSSR count). The van der Waals surface area contributed by atoms with E-state index in [0.717, 1.165) is 0 Å². The van der Waals surface area contributed by atoms with Crippen LogP contribution in [0, 0.1) is 0 Å². The number of carbonyl (C=O) groups is 1. The van der Waals surface area contributed by atoms with E-state index in [9.17, 15) is 4.79 Å². The molecule has 0 saturated carbocycles. The third-order valence-electron chi connectivity index (χ3n) is 2.86. The van der Waals surface area contributed by atoms with Crippen LogP contribution in [0.3, 0.4) is 0 Å². The molecular formula is C15H13N5O3. The van der Waals surface area contributed by atoms with Crippen LogP contribution in [0.5, 0.6) is 5.88 Å². The summed E-state index contributed by atoms with van der Waals surface area (Å²) in [6.45, 7) is 0. The number of hydrogen-bond donors (Lipinski definition) is 2. The van der Waals surface area contributed by atoms with Crippen molar-refractivity contribution in [3.63, 3.8) is 0 Å². The maximum Gasteiger partial charge on any atom is 0.320 e. The predicted octanol–water partition coefficient (Wildman–Crippen LogP) is 2.47. The Hall–Kier alpha value is -3.42. The molecule has 2 aromatic heterocycles. The molecule has 0 aliphatic rings. The summed E-state index contributed by atoms with van der Waals surface area (Å²) in [5, 5.41) is 13.0. The fourth-order valence-corrected chi connectivity index (χ4v) is 1.84. The predicted molar refractivity (Wildman–Crippen MR) is 82.8 cm³/mol. The molecule has 0 unspecified atom stereocenters. The smallest absolute Gasteiger partial charge is 0.320 e. The summed E-state index contributed by atoms with van der Waals surface area (Å²) in [5.74, 6) is -0.268. The van der Waals surface area contributed by atoms with E-state index in [1.165, 1.54) is 7.11 Å². The van der Waals surface area contributed by atoms with Crippen LogP contribution in [-0.2, 0) is 0 Å². The third-order valence-corrected chi connectivity index (χ3v) is 2.86. The minimum Gasteiger partial charge on any atom is -0.480 e. The fourth-order valence-electron chi connectivity index (χ4n) is 1.84. The number of rotatable bonds is 5. The van der Waals surface area contributed by atoms with E-state index < -0.39 is 5.91 Å². The normalized spacial score (nSPS) is 10.1. The van der Waals surface area contributed by atoms with Gasteiger partial charge in [-0.3, -0.25) is 4.79 Å². The van der Waals surface area contributed by atoms with Crippen molar-refractivity contribution in [2.24, 2.45) is 0 Å². The van der Waals surface area contributed by atoms with Crippen LogP contribution in [0.15, 0.2) is 53.1 Å². The molecule has 0 spiro atoms. The average molecular weight is 311 g/mol. The Balaban J connectivity index is 1.71. The molecule has 1 aromatic carbocycles. The Morgan fingerprint density at radius 2 is 1.96 bits per heavy atom. The first-order valence-electron chi connectivity index (χ1n) is 6.72. The highest BCUT2D eigenvalue weighted by atomic mass is 16.5. The van der Waals surface area contributed by atoms with Crippen molar-refractivity contribution in [3.05, 3.63) is 54.6 Å². The number of para-hydroxylation sites is 1. The molecule has 0 aliphatic carbocycles. The van der Waals surface area contributed by atoms with Crippen LogP contribution in [0.25, 0.3) is 0 Å². The highest BCUT2D eigenvalue weighted by Crippen LogP contribution is 2.23. The Bertz CT molecular complexity index is 804. The number of carbonyl (C=O) groups excluding carboxylic acids is 1. The number of nitrogens with one attached hydrogen (secondary N) is 2. The lowest BCUT2D eigenvalue weighted by molar-refractivity contribution is 0.0991. The lowest BCUT2D eigenvalue weighted by atomic mass is 10.3. The maximum absolute atomic E-state index is 12.0. The van der Waals surface area contributed by atoms with Gasteiger partial charge in [0.15, 0.2) is 0 Å². The first-order chi connectivity index (χ1) is 11.3. The van der Waals surface area contributed by atoms with E-state index in [4.69, 9.17) is 9.15 Å². The van der Waals surface area contributed by atoms with Gasteiger partial charge in [-0.25, -0.2) is 4.98 Å². The standard InChI is InChI=1S/C15H13N5O3/c1-22-13-11(8-5-9-16-13)18-15-20-19-14(23-15)12(21)17-10-6-3-2-4-7-10/h2-9H,1H3,(H,17,21)(H,18,20).